The van der Waals surface area contributed by atoms with Gasteiger partial charge in [-0.3, -0.25) is 9.69 Å². The molecule has 1 aromatic carbocycles. The topological polar surface area (TPSA) is 125 Å². The van der Waals surface area contributed by atoms with Crippen LogP contribution in [0.15, 0.2) is 29.4 Å². The number of benzene rings is 1. The van der Waals surface area contributed by atoms with Crippen molar-refractivity contribution in [3.63, 3.8) is 0 Å². The van der Waals surface area contributed by atoms with E-state index >= 15 is 0 Å². The maximum Gasteiger partial charge on any atom is 0.453 e. The van der Waals surface area contributed by atoms with Crippen molar-refractivity contribution in [3.8, 4) is 11.8 Å². The Morgan fingerprint density at radius 2 is 1.62 bits per heavy atom. The van der Waals surface area contributed by atoms with Crippen molar-refractivity contribution in [1.82, 2.24) is 30.0 Å². The maximum atomic E-state index is 13.4. The molecule has 1 saturated carbocycles. The van der Waals surface area contributed by atoms with E-state index in [4.69, 9.17) is 4.74 Å². The summed E-state index contributed by atoms with van der Waals surface area (Å²) in [6, 6.07) is 7.75. The molecule has 2 unspecified atom stereocenters. The Morgan fingerprint density at radius 1 is 0.962 bits per heavy atom. The fraction of sp³-hybridized carbons (Fsp3) is 0.658. The van der Waals surface area contributed by atoms with Gasteiger partial charge in [-0.2, -0.15) is 17.8 Å². The van der Waals surface area contributed by atoms with Crippen molar-refractivity contribution < 1.29 is 32.6 Å². The first-order chi connectivity index (χ1) is 24.3. The molecule has 4 heterocycles. The second-order valence-corrected chi connectivity index (χ2v) is 17.0. The molecule has 52 heavy (non-hydrogen) atoms. The largest absolute Gasteiger partial charge is 0.475 e. The average Bonchev–Trinajstić information content (AvgIpc) is 3.52. The summed E-state index contributed by atoms with van der Waals surface area (Å²) in [4.78, 5) is 29.0. The highest BCUT2D eigenvalue weighted by Gasteiger charge is 2.64. The summed E-state index contributed by atoms with van der Waals surface area (Å²) in [5.41, 5.74) is 0.325. The van der Waals surface area contributed by atoms with Gasteiger partial charge in [0.25, 0.3) is 11.7 Å². The molecule has 6 rings (SSSR count). The molecule has 2 N–H and O–H groups in total. The van der Waals surface area contributed by atoms with Gasteiger partial charge in [0.2, 0.25) is 5.90 Å². The van der Waals surface area contributed by atoms with E-state index in [9.17, 15) is 27.9 Å². The van der Waals surface area contributed by atoms with E-state index in [1.165, 1.54) is 4.90 Å². The van der Waals surface area contributed by atoms with Crippen LogP contribution < -0.4 is 5.32 Å². The first kappa shape index (κ1) is 37.6. The molecule has 4 aliphatic rings. The molecule has 1 aromatic heterocycles. The van der Waals surface area contributed by atoms with Gasteiger partial charge < -0.3 is 20.1 Å². The van der Waals surface area contributed by atoms with Crippen LogP contribution in [0.2, 0.25) is 0 Å². The number of carboxylic acid groups (broad SMARTS) is 1. The van der Waals surface area contributed by atoms with Gasteiger partial charge in [0.05, 0.1) is 0 Å². The molecule has 282 valence electrons. The number of piperidine rings is 2. The zero-order valence-corrected chi connectivity index (χ0v) is 31.0. The number of likely N-dealkylation sites (tertiary alicyclic amines) is 2. The molecule has 2 atom stereocenters. The minimum Gasteiger partial charge on any atom is -0.475 e. The second-order valence-electron chi connectivity index (χ2n) is 17.0. The number of aromatic nitrogens is 3. The zero-order valence-electron chi connectivity index (χ0n) is 31.0. The number of carbonyl (C=O) groups excluding carboxylic acids is 1. The minimum absolute atomic E-state index is 0.0575. The monoisotopic (exact) mass is 725 g/mol. The molecule has 2 aromatic rings. The summed E-state index contributed by atoms with van der Waals surface area (Å²) in [5, 5.41) is 23.6. The molecular weight excluding hydrogens is 675 g/mol. The lowest BCUT2D eigenvalue weighted by molar-refractivity contribution is -0.172. The van der Waals surface area contributed by atoms with Crippen LogP contribution in [0.4, 0.5) is 18.0 Å². The van der Waals surface area contributed by atoms with Crippen molar-refractivity contribution in [2.75, 3.05) is 19.6 Å². The number of fused-ring (bicyclic) bond motifs is 1. The number of halogens is 3. The van der Waals surface area contributed by atoms with Crippen molar-refractivity contribution in [2.45, 2.75) is 117 Å². The summed E-state index contributed by atoms with van der Waals surface area (Å²) in [6.07, 6.45) is -1.78. The van der Waals surface area contributed by atoms with Crippen LogP contribution in [0.1, 0.15) is 108 Å². The summed E-state index contributed by atoms with van der Waals surface area (Å²) >= 11 is 0. The van der Waals surface area contributed by atoms with Crippen LogP contribution in [-0.4, -0.2) is 91.5 Å². The molecule has 0 bridgehead atoms. The van der Waals surface area contributed by atoms with E-state index in [0.717, 1.165) is 37.8 Å². The molecule has 2 amide bonds. The quantitative estimate of drug-likeness (QED) is 0.356. The molecular formula is C38H50F3N7O4. The summed E-state index contributed by atoms with van der Waals surface area (Å²) in [6.45, 7) is 16.8. The van der Waals surface area contributed by atoms with E-state index in [2.05, 4.69) is 58.1 Å². The Hall–Kier alpha value is -4.12. The number of hydrogen-bond donors (Lipinski definition) is 2. The first-order valence-corrected chi connectivity index (χ1v) is 18.2. The summed E-state index contributed by atoms with van der Waals surface area (Å²) in [7, 11) is 0. The van der Waals surface area contributed by atoms with Gasteiger partial charge in [-0.05, 0) is 61.9 Å². The third-order valence-electron chi connectivity index (χ3n) is 11.5. The van der Waals surface area contributed by atoms with Crippen LogP contribution in [-0.2, 0) is 17.3 Å². The number of hydrogen-bond acceptors (Lipinski definition) is 7. The zero-order chi connectivity index (χ0) is 37.8. The van der Waals surface area contributed by atoms with Crippen molar-refractivity contribution in [3.05, 3.63) is 47.0 Å². The Balaban J connectivity index is 1.06. The highest BCUT2D eigenvalue weighted by molar-refractivity contribution is 5.94. The number of rotatable bonds is 4. The van der Waals surface area contributed by atoms with Gasteiger partial charge in [-0.25, -0.2) is 4.79 Å². The lowest BCUT2D eigenvalue weighted by atomic mass is 9.49. The predicted octanol–water partition coefficient (Wildman–Crippen LogP) is 6.28. The molecule has 1 aliphatic carbocycles. The third-order valence-corrected chi connectivity index (χ3v) is 11.5. The number of carbonyl (C=O) groups is 2. The van der Waals surface area contributed by atoms with E-state index in [1.54, 1.807) is 12.1 Å². The third kappa shape index (κ3) is 7.38. The van der Waals surface area contributed by atoms with Crippen molar-refractivity contribution in [2.24, 2.45) is 27.3 Å². The van der Waals surface area contributed by atoms with Crippen molar-refractivity contribution in [1.29, 1.82) is 0 Å². The second kappa shape index (κ2) is 13.7. The number of nitrogens with zero attached hydrogens (tertiary/aromatic N) is 6. The summed E-state index contributed by atoms with van der Waals surface area (Å²) in [5.74, 6) is 6.01. The van der Waals surface area contributed by atoms with Gasteiger partial charge in [-0.1, -0.05) is 60.3 Å². The maximum absolute atomic E-state index is 13.4. The van der Waals surface area contributed by atoms with Gasteiger partial charge in [0.1, 0.15) is 6.10 Å². The molecule has 14 heteroatoms. The number of nitrogens with one attached hydrogen (secondary N) is 1. The lowest BCUT2D eigenvalue weighted by Gasteiger charge is -2.63. The van der Waals surface area contributed by atoms with E-state index in [0.29, 0.717) is 41.8 Å². The SMILES string of the molecule is CC(C)(C)C1CC(C#Cc2ccc(C(=O)NC3C(C)(C)C(OC4=Nn5c(nnc5C(F)(F)F)CC4)C3(C)C)cc2)CCN1C1CCN(C(=O)O)CC1. The molecule has 0 radical (unpaired) electrons. The van der Waals surface area contributed by atoms with Crippen LogP contribution in [0, 0.1) is 34.0 Å². The Kier molecular flexibility index (Phi) is 9.91. The molecule has 3 fully saturated rings. The Bertz CT molecular complexity index is 1740. The van der Waals surface area contributed by atoms with Crippen LogP contribution in [0.5, 0.6) is 0 Å². The molecule has 0 spiro atoms. The van der Waals surface area contributed by atoms with Gasteiger partial charge in [-0.15, -0.1) is 15.3 Å². The fourth-order valence-electron chi connectivity index (χ4n) is 9.04. The van der Waals surface area contributed by atoms with Crippen LogP contribution >= 0.6 is 0 Å². The van der Waals surface area contributed by atoms with Crippen LogP contribution in [0.3, 0.4) is 0 Å². The van der Waals surface area contributed by atoms with Crippen LogP contribution in [0.25, 0.3) is 0 Å². The fourth-order valence-corrected chi connectivity index (χ4v) is 9.04. The van der Waals surface area contributed by atoms with E-state index < -0.39 is 35.0 Å². The van der Waals surface area contributed by atoms with Crippen molar-refractivity contribution >= 4 is 17.9 Å². The number of amides is 2. The average molecular weight is 726 g/mol. The highest BCUT2D eigenvalue weighted by atomic mass is 19.4. The van der Waals surface area contributed by atoms with E-state index in [1.807, 2.05) is 39.8 Å². The highest BCUT2D eigenvalue weighted by Crippen LogP contribution is 2.56. The smallest absolute Gasteiger partial charge is 0.453 e. The lowest BCUT2D eigenvalue weighted by Crippen LogP contribution is -2.74. The van der Waals surface area contributed by atoms with Gasteiger partial charge in [0, 0.05) is 71.9 Å². The minimum atomic E-state index is -4.69. The standard InChI is InChI=1S/C38H50F3N7O4/c1-35(2,3)27-22-24(16-21-47(27)26-17-19-46(20-18-26)34(50)51)9-8-23-10-12-25(13-11-23)30(49)42-31-36(4,5)32(37(31,6)7)52-29-15-14-28-43-44-33(38(39,40)41)48(28)45-29/h10-13,24,26-27,31-32H,14-22H2,1-7H3,(H,42,49)(H,50,51). The summed E-state index contributed by atoms with van der Waals surface area (Å²) < 4.78 is 47.2. The number of alkyl halides is 3. The Labute approximate surface area is 303 Å². The number of ether oxygens (including phenoxy) is 1. The number of aryl methyl sites for hydroxylation is 1. The predicted molar refractivity (Wildman–Crippen MR) is 188 cm³/mol. The molecule has 3 aliphatic heterocycles. The normalized spacial score (nSPS) is 26.3. The Morgan fingerprint density at radius 3 is 2.21 bits per heavy atom. The van der Waals surface area contributed by atoms with Gasteiger partial charge in [0.15, 0.2) is 5.82 Å². The van der Waals surface area contributed by atoms with E-state index in [-0.39, 0.29) is 41.4 Å². The van der Waals surface area contributed by atoms with Gasteiger partial charge >= 0.3 is 12.3 Å². The first-order valence-electron chi connectivity index (χ1n) is 18.2. The molecule has 2 saturated heterocycles. The molecule has 11 nitrogen and oxygen atoms in total.